The molecule has 0 spiro atoms. The molecule has 2 atom stereocenters. The highest BCUT2D eigenvalue weighted by Crippen LogP contribution is 2.32. The third-order valence-corrected chi connectivity index (χ3v) is 9.13. The molecular weight excluding hydrogens is 626 g/mol. The average molecular weight is 672 g/mol. The number of anilines is 1. The second-order valence-electron chi connectivity index (χ2n) is 13.6. The Kier molecular flexibility index (Phi) is 10.8. The fourth-order valence-corrected chi connectivity index (χ4v) is 6.37. The molecule has 5 aromatic rings. The van der Waals surface area contributed by atoms with Crippen molar-refractivity contribution in [1.29, 1.82) is 0 Å². The third-order valence-electron chi connectivity index (χ3n) is 9.13. The van der Waals surface area contributed by atoms with E-state index in [1.807, 2.05) is 112 Å². The lowest BCUT2D eigenvalue weighted by Crippen LogP contribution is -2.51. The molecule has 6 rings (SSSR count). The Morgan fingerprint density at radius 3 is 2.36 bits per heavy atom. The Morgan fingerprint density at radius 2 is 1.62 bits per heavy atom. The van der Waals surface area contributed by atoms with Gasteiger partial charge in [0.2, 0.25) is 11.8 Å². The molecule has 4 aromatic carbocycles. The second kappa shape index (κ2) is 15.6. The number of amides is 2. The molecule has 2 amide bonds. The number of rotatable bonds is 13. The van der Waals surface area contributed by atoms with E-state index >= 15 is 0 Å². The summed E-state index contributed by atoms with van der Waals surface area (Å²) in [5, 5.41) is 18.6. The molecule has 0 saturated heterocycles. The van der Waals surface area contributed by atoms with Gasteiger partial charge in [-0.1, -0.05) is 97.1 Å². The van der Waals surface area contributed by atoms with Gasteiger partial charge < -0.3 is 20.3 Å². The first-order valence-corrected chi connectivity index (χ1v) is 17.2. The van der Waals surface area contributed by atoms with Crippen molar-refractivity contribution in [3.8, 4) is 22.5 Å². The van der Waals surface area contributed by atoms with Crippen LogP contribution in [-0.4, -0.2) is 56.3 Å². The number of carbonyl (C=O) groups is 2. The Morgan fingerprint density at radius 1 is 0.920 bits per heavy atom. The summed E-state index contributed by atoms with van der Waals surface area (Å²) in [6.07, 6.45) is 1.41. The molecular formula is C40H45N7O3. The number of hydrogen-bond acceptors (Lipinski definition) is 7. The lowest BCUT2D eigenvalue weighted by molar-refractivity contribution is -0.128. The zero-order valence-electron chi connectivity index (χ0n) is 29.2. The van der Waals surface area contributed by atoms with Crippen molar-refractivity contribution >= 4 is 17.5 Å². The first-order chi connectivity index (χ1) is 24.2. The van der Waals surface area contributed by atoms with Crippen LogP contribution in [0.25, 0.3) is 22.5 Å². The largest absolute Gasteiger partial charge is 0.373 e. The molecule has 50 heavy (non-hydrogen) atoms. The van der Waals surface area contributed by atoms with Gasteiger partial charge in [0.15, 0.2) is 5.82 Å². The van der Waals surface area contributed by atoms with Gasteiger partial charge in [-0.2, -0.15) is 0 Å². The maximum atomic E-state index is 14.2. The van der Waals surface area contributed by atoms with Crippen molar-refractivity contribution in [2.75, 3.05) is 11.4 Å². The van der Waals surface area contributed by atoms with E-state index in [0.717, 1.165) is 39.1 Å². The van der Waals surface area contributed by atoms with Gasteiger partial charge in [-0.25, -0.2) is 4.68 Å². The maximum Gasteiger partial charge on any atom is 0.249 e. The predicted octanol–water partition coefficient (Wildman–Crippen LogP) is 5.87. The number of hydrogen-bond donors (Lipinski definition) is 2. The molecule has 0 aliphatic carbocycles. The van der Waals surface area contributed by atoms with Crippen molar-refractivity contribution in [1.82, 2.24) is 30.8 Å². The van der Waals surface area contributed by atoms with E-state index in [1.165, 1.54) is 0 Å². The number of tetrazole rings is 1. The maximum absolute atomic E-state index is 14.2. The molecule has 0 radical (unpaired) electrons. The van der Waals surface area contributed by atoms with Gasteiger partial charge in [-0.05, 0) is 77.9 Å². The molecule has 0 saturated carbocycles. The summed E-state index contributed by atoms with van der Waals surface area (Å²) >= 11 is 0. The molecule has 2 heterocycles. The van der Waals surface area contributed by atoms with Gasteiger partial charge in [0.25, 0.3) is 0 Å². The number of nitrogens with one attached hydrogen (secondary N) is 2. The van der Waals surface area contributed by atoms with Crippen LogP contribution in [0.3, 0.4) is 0 Å². The summed E-state index contributed by atoms with van der Waals surface area (Å²) in [4.78, 5) is 29.4. The van der Waals surface area contributed by atoms with E-state index in [-0.39, 0.29) is 24.3 Å². The molecule has 10 nitrogen and oxygen atoms in total. The first-order valence-electron chi connectivity index (χ1n) is 17.2. The van der Waals surface area contributed by atoms with E-state index in [1.54, 1.807) is 4.68 Å². The lowest BCUT2D eigenvalue weighted by atomic mass is 9.98. The Balaban J connectivity index is 1.11. The minimum atomic E-state index is -0.634. The molecule has 2 N–H and O–H groups in total. The van der Waals surface area contributed by atoms with Gasteiger partial charge in [0.05, 0.1) is 19.3 Å². The zero-order valence-corrected chi connectivity index (χ0v) is 29.2. The number of benzene rings is 4. The highest BCUT2D eigenvalue weighted by molar-refractivity contribution is 6.00. The van der Waals surface area contributed by atoms with Crippen LogP contribution in [0.1, 0.15) is 50.3 Å². The fourth-order valence-electron chi connectivity index (χ4n) is 6.37. The van der Waals surface area contributed by atoms with Crippen LogP contribution in [-0.2, 0) is 40.9 Å². The lowest BCUT2D eigenvalue weighted by Gasteiger charge is -2.30. The summed E-state index contributed by atoms with van der Waals surface area (Å²) in [7, 11) is 1.82. The van der Waals surface area contributed by atoms with Crippen molar-refractivity contribution < 1.29 is 14.3 Å². The molecule has 10 heteroatoms. The third kappa shape index (κ3) is 8.50. The first kappa shape index (κ1) is 34.7. The predicted molar refractivity (Wildman–Crippen MR) is 195 cm³/mol. The summed E-state index contributed by atoms with van der Waals surface area (Å²) in [5.74, 6) is 0.415. The van der Waals surface area contributed by atoms with E-state index in [9.17, 15) is 9.59 Å². The van der Waals surface area contributed by atoms with E-state index in [2.05, 4.69) is 50.4 Å². The number of nitrogens with zero attached hydrogens (tertiary/aromatic N) is 5. The molecule has 1 aliphatic heterocycles. The smallest absolute Gasteiger partial charge is 0.249 e. The van der Waals surface area contributed by atoms with Crippen LogP contribution in [0.15, 0.2) is 103 Å². The SMILES string of the molecule is C[C@H](CNC(C)(C)CC(=O)N[C@@H]1CCc2ccccc2N(Cc2ccc(-c3ccccc3-c3nnnn3C)cc2)C1=O)OCc1ccccc1. The Labute approximate surface area is 293 Å². The van der Waals surface area contributed by atoms with Crippen LogP contribution in [0, 0.1) is 0 Å². The van der Waals surface area contributed by atoms with Gasteiger partial charge in [0.1, 0.15) is 6.04 Å². The van der Waals surface area contributed by atoms with E-state index in [0.29, 0.717) is 38.4 Å². The average Bonchev–Trinajstić information content (AvgIpc) is 3.51. The van der Waals surface area contributed by atoms with Crippen molar-refractivity contribution in [2.24, 2.45) is 7.05 Å². The minimum Gasteiger partial charge on any atom is -0.373 e. The molecule has 1 aliphatic rings. The molecule has 0 bridgehead atoms. The summed E-state index contributed by atoms with van der Waals surface area (Å²) in [6.45, 7) is 7.53. The van der Waals surface area contributed by atoms with Crippen molar-refractivity contribution in [2.45, 2.75) is 70.9 Å². The molecule has 0 fully saturated rings. The monoisotopic (exact) mass is 671 g/mol. The number of para-hydroxylation sites is 1. The van der Waals surface area contributed by atoms with E-state index < -0.39 is 11.6 Å². The quantitative estimate of drug-likeness (QED) is 0.161. The summed E-state index contributed by atoms with van der Waals surface area (Å²) in [6, 6.07) is 33.7. The van der Waals surface area contributed by atoms with Gasteiger partial charge in [-0.15, -0.1) is 5.10 Å². The highest BCUT2D eigenvalue weighted by Gasteiger charge is 2.33. The number of aromatic nitrogens is 4. The molecule has 258 valence electrons. The van der Waals surface area contributed by atoms with Crippen LogP contribution in [0.4, 0.5) is 5.69 Å². The Hall–Kier alpha value is -5.19. The van der Waals surface area contributed by atoms with Crippen LogP contribution in [0.5, 0.6) is 0 Å². The van der Waals surface area contributed by atoms with Crippen molar-refractivity contribution in [3.63, 3.8) is 0 Å². The van der Waals surface area contributed by atoms with Gasteiger partial charge >= 0.3 is 0 Å². The minimum absolute atomic E-state index is 0.0350. The number of fused-ring (bicyclic) bond motifs is 1. The van der Waals surface area contributed by atoms with Gasteiger partial charge in [-0.3, -0.25) is 9.59 Å². The zero-order chi connectivity index (χ0) is 35.1. The topological polar surface area (TPSA) is 114 Å². The van der Waals surface area contributed by atoms with Gasteiger partial charge in [0, 0.05) is 36.8 Å². The summed E-state index contributed by atoms with van der Waals surface area (Å²) in [5.41, 5.74) is 6.56. The number of carbonyl (C=O) groups excluding carboxylic acids is 2. The highest BCUT2D eigenvalue weighted by atomic mass is 16.5. The second-order valence-corrected chi connectivity index (χ2v) is 13.6. The standard InChI is InChI=1S/C40H45N7O3/c1-28(50-27-30-12-6-5-7-13-30)25-41-40(2,3)24-37(48)42-35-23-22-32-14-8-11-17-36(32)47(39(35)49)26-29-18-20-31(21-19-29)33-15-9-10-16-34(33)38-43-44-45-46(38)4/h5-21,28,35,41H,22-27H2,1-4H3,(H,42,48)/t28-,35-/m1/s1. The van der Waals surface area contributed by atoms with Crippen LogP contribution in [0.2, 0.25) is 0 Å². The number of ether oxygens (including phenoxy) is 1. The van der Waals surface area contributed by atoms with Crippen LogP contribution >= 0.6 is 0 Å². The Bertz CT molecular complexity index is 1910. The van der Waals surface area contributed by atoms with E-state index in [4.69, 9.17) is 4.74 Å². The summed E-state index contributed by atoms with van der Waals surface area (Å²) < 4.78 is 7.66. The normalized spacial score (nSPS) is 15.3. The van der Waals surface area contributed by atoms with Crippen LogP contribution < -0.4 is 15.5 Å². The molecule has 0 unspecified atom stereocenters. The fraction of sp³-hybridized carbons (Fsp3) is 0.325. The van der Waals surface area contributed by atoms with Crippen molar-refractivity contribution in [3.05, 3.63) is 120 Å². The molecule has 1 aromatic heterocycles. The number of aryl methyl sites for hydroxylation is 2.